The van der Waals surface area contributed by atoms with E-state index in [2.05, 4.69) is 181 Å². The molecule has 0 spiro atoms. The first kappa shape index (κ1) is 27.9. The molecule has 0 radical (unpaired) electrons. The minimum absolute atomic E-state index is 0.901. The topological polar surface area (TPSA) is 16.4 Å². The quantitative estimate of drug-likeness (QED) is 0.186. The molecule has 0 atom stereocenters. The van der Waals surface area contributed by atoms with Gasteiger partial charge in [-0.15, -0.1) is 11.3 Å². The van der Waals surface area contributed by atoms with Crippen molar-refractivity contribution in [3.8, 4) is 22.3 Å². The number of rotatable bonds is 5. The van der Waals surface area contributed by atoms with Gasteiger partial charge in [-0.05, 0) is 88.3 Å². The third kappa shape index (κ3) is 4.55. The Morgan fingerprint density at radius 3 is 1.96 bits per heavy atom. The van der Waals surface area contributed by atoms with Crippen molar-refractivity contribution in [2.24, 2.45) is 0 Å². The van der Waals surface area contributed by atoms with E-state index >= 15 is 0 Å². The van der Waals surface area contributed by atoms with Crippen molar-refractivity contribution >= 4 is 81.3 Å². The van der Waals surface area contributed by atoms with Crippen LogP contribution in [-0.2, 0) is 0 Å². The fourth-order valence-corrected chi connectivity index (χ4v) is 8.57. The summed E-state index contributed by atoms with van der Waals surface area (Å²) in [5, 5.41) is 7.25. The first-order valence-corrected chi connectivity index (χ1v) is 17.4. The molecule has 0 saturated carbocycles. The standard InChI is InChI=1S/C46H29NOS/c1-2-13-33(14-3-1)47(34-26-23-31(24-27-34)36-19-10-22-43-45(36)39-17-6-7-21-42(39)49-43)35-15-8-12-32(29-35)37-18-9-20-41-44(37)40-28-25-30-11-4-5-16-38(30)46(40)48-41/h1-29H. The maximum Gasteiger partial charge on any atom is 0.143 e. The van der Waals surface area contributed by atoms with E-state index in [0.717, 1.165) is 55.5 Å². The van der Waals surface area contributed by atoms with Crippen molar-refractivity contribution < 1.29 is 4.42 Å². The lowest BCUT2D eigenvalue weighted by molar-refractivity contribution is 0.673. The molecule has 2 nitrogen and oxygen atoms in total. The number of thiophene rings is 1. The number of furan rings is 1. The zero-order chi connectivity index (χ0) is 32.3. The van der Waals surface area contributed by atoms with E-state index in [1.807, 2.05) is 11.3 Å². The molecule has 0 aliphatic carbocycles. The molecule has 10 aromatic rings. The van der Waals surface area contributed by atoms with Crippen molar-refractivity contribution in [2.75, 3.05) is 4.90 Å². The lowest BCUT2D eigenvalue weighted by Crippen LogP contribution is -2.09. The first-order chi connectivity index (χ1) is 24.3. The van der Waals surface area contributed by atoms with Crippen LogP contribution >= 0.6 is 11.3 Å². The van der Waals surface area contributed by atoms with Crippen LogP contribution in [0.1, 0.15) is 0 Å². The highest BCUT2D eigenvalue weighted by Crippen LogP contribution is 2.43. The van der Waals surface area contributed by atoms with Gasteiger partial charge in [0.05, 0.1) is 0 Å². The zero-order valence-corrected chi connectivity index (χ0v) is 27.3. The van der Waals surface area contributed by atoms with Gasteiger partial charge in [-0.2, -0.15) is 0 Å². The highest BCUT2D eigenvalue weighted by molar-refractivity contribution is 7.25. The summed E-state index contributed by atoms with van der Waals surface area (Å²) in [5.74, 6) is 0. The maximum atomic E-state index is 6.53. The molecule has 10 rings (SSSR count). The van der Waals surface area contributed by atoms with Crippen LogP contribution in [0.15, 0.2) is 180 Å². The van der Waals surface area contributed by atoms with E-state index in [-0.39, 0.29) is 0 Å². The molecule has 0 aliphatic rings. The second-order valence-corrected chi connectivity index (χ2v) is 13.6. The third-order valence-electron chi connectivity index (χ3n) is 9.66. The number of anilines is 3. The Balaban J connectivity index is 1.10. The van der Waals surface area contributed by atoms with Crippen LogP contribution in [-0.4, -0.2) is 0 Å². The molecular formula is C46H29NOS. The van der Waals surface area contributed by atoms with Gasteiger partial charge in [0, 0.05) is 53.4 Å². The smallest absolute Gasteiger partial charge is 0.143 e. The van der Waals surface area contributed by atoms with Gasteiger partial charge in [0.1, 0.15) is 11.2 Å². The number of nitrogens with zero attached hydrogens (tertiary/aromatic N) is 1. The summed E-state index contributed by atoms with van der Waals surface area (Å²) in [4.78, 5) is 2.34. The summed E-state index contributed by atoms with van der Waals surface area (Å²) in [7, 11) is 0. The summed E-state index contributed by atoms with van der Waals surface area (Å²) in [6.45, 7) is 0. The van der Waals surface area contributed by atoms with E-state index in [1.165, 1.54) is 36.7 Å². The molecule has 0 aliphatic heterocycles. The maximum absolute atomic E-state index is 6.53. The van der Waals surface area contributed by atoms with Crippen molar-refractivity contribution in [1.29, 1.82) is 0 Å². The average molecular weight is 644 g/mol. The molecule has 230 valence electrons. The summed E-state index contributed by atoms with van der Waals surface area (Å²) < 4.78 is 9.17. The molecule has 0 N–H and O–H groups in total. The second kappa shape index (κ2) is 11.2. The van der Waals surface area contributed by atoms with E-state index in [4.69, 9.17) is 4.42 Å². The fraction of sp³-hybridized carbons (Fsp3) is 0. The Morgan fingerprint density at radius 1 is 0.408 bits per heavy atom. The van der Waals surface area contributed by atoms with Gasteiger partial charge in [0.15, 0.2) is 0 Å². The fourth-order valence-electron chi connectivity index (χ4n) is 7.44. The number of fused-ring (bicyclic) bond motifs is 8. The highest BCUT2D eigenvalue weighted by atomic mass is 32.1. The molecule has 8 aromatic carbocycles. The summed E-state index contributed by atoms with van der Waals surface area (Å²) >= 11 is 1.86. The van der Waals surface area contributed by atoms with E-state index in [0.29, 0.717) is 0 Å². The van der Waals surface area contributed by atoms with Crippen LogP contribution in [0.3, 0.4) is 0 Å². The molecule has 0 saturated heterocycles. The molecule has 2 aromatic heterocycles. The Hall–Kier alpha value is -6.16. The number of hydrogen-bond acceptors (Lipinski definition) is 3. The minimum Gasteiger partial charge on any atom is -0.455 e. The molecule has 0 fully saturated rings. The Bertz CT molecular complexity index is 2830. The van der Waals surface area contributed by atoms with Gasteiger partial charge in [-0.1, -0.05) is 115 Å². The predicted octanol–water partition coefficient (Wildman–Crippen LogP) is 13.9. The molecule has 0 amide bonds. The molecule has 0 unspecified atom stereocenters. The van der Waals surface area contributed by atoms with E-state index in [1.54, 1.807) is 0 Å². The number of benzene rings is 8. The van der Waals surface area contributed by atoms with Gasteiger partial charge >= 0.3 is 0 Å². The molecule has 49 heavy (non-hydrogen) atoms. The van der Waals surface area contributed by atoms with E-state index < -0.39 is 0 Å². The number of para-hydroxylation sites is 1. The second-order valence-electron chi connectivity index (χ2n) is 12.5. The van der Waals surface area contributed by atoms with Crippen LogP contribution in [0.5, 0.6) is 0 Å². The van der Waals surface area contributed by atoms with Gasteiger partial charge in [0.2, 0.25) is 0 Å². The van der Waals surface area contributed by atoms with Crippen LogP contribution in [0.25, 0.3) is 75.1 Å². The Kier molecular flexibility index (Phi) is 6.39. The molecule has 3 heteroatoms. The lowest BCUT2D eigenvalue weighted by Gasteiger charge is -2.26. The van der Waals surface area contributed by atoms with Gasteiger partial charge in [-0.3, -0.25) is 0 Å². The molecule has 0 bridgehead atoms. The van der Waals surface area contributed by atoms with Gasteiger partial charge in [-0.25, -0.2) is 0 Å². The third-order valence-corrected chi connectivity index (χ3v) is 10.8. The number of hydrogen-bond donors (Lipinski definition) is 0. The van der Waals surface area contributed by atoms with Crippen LogP contribution in [0.4, 0.5) is 17.1 Å². The molecular weight excluding hydrogens is 615 g/mol. The first-order valence-electron chi connectivity index (χ1n) is 16.6. The summed E-state index contributed by atoms with van der Waals surface area (Å²) in [6.07, 6.45) is 0. The highest BCUT2D eigenvalue weighted by Gasteiger charge is 2.18. The van der Waals surface area contributed by atoms with Gasteiger partial charge < -0.3 is 9.32 Å². The SMILES string of the molecule is c1ccc(N(c2ccc(-c3cccc4sc5ccccc5c34)cc2)c2cccc(-c3cccc4oc5c6ccccc6ccc5c34)c2)cc1. The summed E-state index contributed by atoms with van der Waals surface area (Å²) in [6, 6.07) is 63.1. The van der Waals surface area contributed by atoms with Crippen molar-refractivity contribution in [3.05, 3.63) is 176 Å². The van der Waals surface area contributed by atoms with Crippen molar-refractivity contribution in [3.63, 3.8) is 0 Å². The largest absolute Gasteiger partial charge is 0.455 e. The van der Waals surface area contributed by atoms with Crippen LogP contribution < -0.4 is 4.90 Å². The summed E-state index contributed by atoms with van der Waals surface area (Å²) in [5.41, 5.74) is 9.93. The normalized spacial score (nSPS) is 11.7. The lowest BCUT2D eigenvalue weighted by atomic mass is 9.97. The van der Waals surface area contributed by atoms with Crippen LogP contribution in [0, 0.1) is 0 Å². The Morgan fingerprint density at radius 2 is 1.08 bits per heavy atom. The monoisotopic (exact) mass is 643 g/mol. The van der Waals surface area contributed by atoms with E-state index in [9.17, 15) is 0 Å². The van der Waals surface area contributed by atoms with Crippen molar-refractivity contribution in [1.82, 2.24) is 0 Å². The van der Waals surface area contributed by atoms with Crippen LogP contribution in [0.2, 0.25) is 0 Å². The Labute approximate surface area is 287 Å². The van der Waals surface area contributed by atoms with Gasteiger partial charge in [0.25, 0.3) is 0 Å². The minimum atomic E-state index is 0.901. The molecule has 2 heterocycles. The predicted molar refractivity (Wildman–Crippen MR) is 210 cm³/mol. The van der Waals surface area contributed by atoms with Crippen molar-refractivity contribution in [2.45, 2.75) is 0 Å². The average Bonchev–Trinajstić information content (AvgIpc) is 3.75. The zero-order valence-electron chi connectivity index (χ0n) is 26.5.